The van der Waals surface area contributed by atoms with Gasteiger partial charge in [0.15, 0.2) is 0 Å². The number of benzene rings is 2. The molecule has 19 heavy (non-hydrogen) atoms. The van der Waals surface area contributed by atoms with Crippen LogP contribution in [0.4, 0.5) is 0 Å². The minimum Gasteiger partial charge on any atom is -0.508 e. The molecule has 0 aliphatic carbocycles. The molecule has 98 valence electrons. The zero-order valence-corrected chi connectivity index (χ0v) is 11.2. The van der Waals surface area contributed by atoms with Gasteiger partial charge in [-0.1, -0.05) is 24.3 Å². The Labute approximate surface area is 112 Å². The second-order valence-electron chi connectivity index (χ2n) is 4.42. The Kier molecular flexibility index (Phi) is 3.56. The Hall–Kier alpha value is -2.29. The first kappa shape index (κ1) is 13.1. The molecule has 0 fully saturated rings. The van der Waals surface area contributed by atoms with E-state index in [2.05, 4.69) is 0 Å². The number of aromatic hydroxyl groups is 1. The number of rotatable bonds is 2. The van der Waals surface area contributed by atoms with Crippen molar-refractivity contribution < 1.29 is 14.6 Å². The molecule has 3 nitrogen and oxygen atoms in total. The zero-order chi connectivity index (χ0) is 14.0. The Morgan fingerprint density at radius 2 is 1.58 bits per heavy atom. The summed E-state index contributed by atoms with van der Waals surface area (Å²) in [5.41, 5.74) is 4.04. The molecular weight excluding hydrogens is 240 g/mol. The van der Waals surface area contributed by atoms with Gasteiger partial charge in [0.2, 0.25) is 0 Å². The van der Waals surface area contributed by atoms with Crippen molar-refractivity contribution in [2.24, 2.45) is 0 Å². The number of hydrogen-bond acceptors (Lipinski definition) is 3. The second kappa shape index (κ2) is 5.14. The van der Waals surface area contributed by atoms with Crippen molar-refractivity contribution in [3.63, 3.8) is 0 Å². The van der Waals surface area contributed by atoms with Gasteiger partial charge in [-0.05, 0) is 48.2 Å². The SMILES string of the molecule is COC(=O)c1cccc(-c2cccc(O)c2C)c1C. The highest BCUT2D eigenvalue weighted by molar-refractivity contribution is 5.93. The van der Waals surface area contributed by atoms with E-state index < -0.39 is 0 Å². The van der Waals surface area contributed by atoms with Crippen LogP contribution < -0.4 is 0 Å². The number of methoxy groups -OCH3 is 1. The largest absolute Gasteiger partial charge is 0.508 e. The molecule has 0 saturated carbocycles. The average molecular weight is 256 g/mol. The summed E-state index contributed by atoms with van der Waals surface area (Å²) in [6.07, 6.45) is 0. The van der Waals surface area contributed by atoms with Crippen LogP contribution in [0.15, 0.2) is 36.4 Å². The van der Waals surface area contributed by atoms with Gasteiger partial charge < -0.3 is 9.84 Å². The first-order chi connectivity index (χ1) is 9.06. The van der Waals surface area contributed by atoms with E-state index >= 15 is 0 Å². The summed E-state index contributed by atoms with van der Waals surface area (Å²) in [5, 5.41) is 9.79. The van der Waals surface area contributed by atoms with Gasteiger partial charge in [-0.25, -0.2) is 4.79 Å². The number of carbonyl (C=O) groups excluding carboxylic acids is 1. The molecule has 2 rings (SSSR count). The standard InChI is InChI=1S/C16H16O3/c1-10-12(6-4-8-14(10)16(18)19-3)13-7-5-9-15(17)11(13)2/h4-9,17H,1-3H3. The quantitative estimate of drug-likeness (QED) is 0.837. The number of hydrogen-bond donors (Lipinski definition) is 1. The average Bonchev–Trinajstić information content (AvgIpc) is 2.42. The minimum atomic E-state index is -0.350. The van der Waals surface area contributed by atoms with E-state index in [1.54, 1.807) is 18.2 Å². The maximum Gasteiger partial charge on any atom is 0.338 e. The lowest BCUT2D eigenvalue weighted by Gasteiger charge is -2.13. The summed E-state index contributed by atoms with van der Waals surface area (Å²) >= 11 is 0. The summed E-state index contributed by atoms with van der Waals surface area (Å²) in [7, 11) is 1.37. The molecule has 0 spiro atoms. The predicted molar refractivity (Wildman–Crippen MR) is 74.4 cm³/mol. The van der Waals surface area contributed by atoms with E-state index in [1.807, 2.05) is 32.0 Å². The molecule has 0 aromatic heterocycles. The van der Waals surface area contributed by atoms with Gasteiger partial charge >= 0.3 is 5.97 Å². The van der Waals surface area contributed by atoms with Crippen LogP contribution in [-0.2, 0) is 4.74 Å². The van der Waals surface area contributed by atoms with Gasteiger partial charge in [-0.2, -0.15) is 0 Å². The maximum atomic E-state index is 11.7. The first-order valence-corrected chi connectivity index (χ1v) is 6.03. The molecule has 1 N–H and O–H groups in total. The van der Waals surface area contributed by atoms with Gasteiger partial charge in [-0.15, -0.1) is 0 Å². The van der Waals surface area contributed by atoms with E-state index in [-0.39, 0.29) is 11.7 Å². The lowest BCUT2D eigenvalue weighted by atomic mass is 9.93. The molecule has 0 amide bonds. The van der Waals surface area contributed by atoms with Crippen LogP contribution in [0.1, 0.15) is 21.5 Å². The van der Waals surface area contributed by atoms with Crippen molar-refractivity contribution in [2.45, 2.75) is 13.8 Å². The molecule has 0 radical (unpaired) electrons. The van der Waals surface area contributed by atoms with E-state index in [0.717, 1.165) is 22.3 Å². The molecule has 0 atom stereocenters. The van der Waals surface area contributed by atoms with E-state index in [0.29, 0.717) is 5.56 Å². The van der Waals surface area contributed by atoms with E-state index in [4.69, 9.17) is 4.74 Å². The van der Waals surface area contributed by atoms with Crippen LogP contribution in [0.2, 0.25) is 0 Å². The fourth-order valence-corrected chi connectivity index (χ4v) is 2.17. The van der Waals surface area contributed by atoms with Crippen LogP contribution in [0, 0.1) is 13.8 Å². The molecule has 0 unspecified atom stereocenters. The lowest BCUT2D eigenvalue weighted by Crippen LogP contribution is -2.04. The summed E-state index contributed by atoms with van der Waals surface area (Å²) < 4.78 is 4.77. The molecule has 0 saturated heterocycles. The molecule has 0 aliphatic rings. The number of esters is 1. The molecule has 0 bridgehead atoms. The van der Waals surface area contributed by atoms with Crippen molar-refractivity contribution in [2.75, 3.05) is 7.11 Å². The summed E-state index contributed by atoms with van der Waals surface area (Å²) in [6, 6.07) is 10.9. The highest BCUT2D eigenvalue weighted by Crippen LogP contribution is 2.32. The van der Waals surface area contributed by atoms with Crippen LogP contribution in [0.3, 0.4) is 0 Å². The van der Waals surface area contributed by atoms with Gasteiger partial charge in [0.1, 0.15) is 5.75 Å². The maximum absolute atomic E-state index is 11.7. The van der Waals surface area contributed by atoms with Crippen LogP contribution in [0.5, 0.6) is 5.75 Å². The molecular formula is C16H16O3. The molecule has 0 aliphatic heterocycles. The van der Waals surface area contributed by atoms with Crippen molar-refractivity contribution in [1.82, 2.24) is 0 Å². The van der Waals surface area contributed by atoms with E-state index in [1.165, 1.54) is 7.11 Å². The third-order valence-electron chi connectivity index (χ3n) is 3.33. The van der Waals surface area contributed by atoms with Crippen LogP contribution in [0.25, 0.3) is 11.1 Å². The summed E-state index contributed by atoms with van der Waals surface area (Å²) in [6.45, 7) is 3.74. The van der Waals surface area contributed by atoms with Gasteiger partial charge in [0, 0.05) is 0 Å². The van der Waals surface area contributed by atoms with Crippen molar-refractivity contribution >= 4 is 5.97 Å². The molecule has 2 aromatic rings. The smallest absolute Gasteiger partial charge is 0.338 e. The predicted octanol–water partition coefficient (Wildman–Crippen LogP) is 3.46. The Balaban J connectivity index is 2.64. The van der Waals surface area contributed by atoms with Crippen molar-refractivity contribution in [1.29, 1.82) is 0 Å². The third-order valence-corrected chi connectivity index (χ3v) is 3.33. The molecule has 2 aromatic carbocycles. The number of phenolic OH excluding ortho intramolecular Hbond substituents is 1. The van der Waals surface area contributed by atoms with Crippen molar-refractivity contribution in [3.05, 3.63) is 53.1 Å². The van der Waals surface area contributed by atoms with Crippen LogP contribution in [-0.4, -0.2) is 18.2 Å². The Morgan fingerprint density at radius 3 is 2.21 bits per heavy atom. The van der Waals surface area contributed by atoms with Gasteiger partial charge in [0.05, 0.1) is 12.7 Å². The lowest BCUT2D eigenvalue weighted by molar-refractivity contribution is 0.0600. The minimum absolute atomic E-state index is 0.250. The van der Waals surface area contributed by atoms with E-state index in [9.17, 15) is 9.90 Å². The topological polar surface area (TPSA) is 46.5 Å². The summed E-state index contributed by atoms with van der Waals surface area (Å²) in [4.78, 5) is 11.7. The zero-order valence-electron chi connectivity index (χ0n) is 11.2. The highest BCUT2D eigenvalue weighted by Gasteiger charge is 2.14. The monoisotopic (exact) mass is 256 g/mol. The Bertz CT molecular complexity index is 630. The highest BCUT2D eigenvalue weighted by atomic mass is 16.5. The normalized spacial score (nSPS) is 10.3. The molecule has 0 heterocycles. The number of ether oxygens (including phenoxy) is 1. The molecule has 3 heteroatoms. The number of carbonyl (C=O) groups is 1. The first-order valence-electron chi connectivity index (χ1n) is 6.03. The Morgan fingerprint density at radius 1 is 1.00 bits per heavy atom. The fourth-order valence-electron chi connectivity index (χ4n) is 2.17. The van der Waals surface area contributed by atoms with Crippen LogP contribution >= 0.6 is 0 Å². The third kappa shape index (κ3) is 2.32. The second-order valence-corrected chi connectivity index (χ2v) is 4.42. The van der Waals surface area contributed by atoms with Gasteiger partial charge in [0.25, 0.3) is 0 Å². The fraction of sp³-hybridized carbons (Fsp3) is 0.188. The number of phenols is 1. The summed E-state index contributed by atoms with van der Waals surface area (Å²) in [5.74, 6) is -0.0995. The van der Waals surface area contributed by atoms with Gasteiger partial charge in [-0.3, -0.25) is 0 Å². The van der Waals surface area contributed by atoms with Crippen molar-refractivity contribution in [3.8, 4) is 16.9 Å².